The van der Waals surface area contributed by atoms with E-state index < -0.39 is 0 Å². The van der Waals surface area contributed by atoms with Crippen LogP contribution in [-0.4, -0.2) is 46.1 Å². The number of piperazine rings is 1. The molecule has 9 heteroatoms. The van der Waals surface area contributed by atoms with E-state index >= 15 is 0 Å². The van der Waals surface area contributed by atoms with Crippen molar-refractivity contribution in [2.45, 2.75) is 26.3 Å². The van der Waals surface area contributed by atoms with Crippen molar-refractivity contribution in [3.8, 4) is 0 Å². The van der Waals surface area contributed by atoms with Crippen LogP contribution in [0.5, 0.6) is 0 Å². The van der Waals surface area contributed by atoms with E-state index in [9.17, 15) is 10.1 Å². The lowest BCUT2D eigenvalue weighted by Crippen LogP contribution is -2.46. The molecule has 0 unspecified atom stereocenters. The SMILES string of the molecule is CC(C)c1noc(CN2CCN(c3ccc(Cl)cc3[N+](=O)[O-])CC2)n1. The highest BCUT2D eigenvalue weighted by Gasteiger charge is 2.25. The topological polar surface area (TPSA) is 88.5 Å². The van der Waals surface area contributed by atoms with Gasteiger partial charge in [-0.3, -0.25) is 15.0 Å². The van der Waals surface area contributed by atoms with E-state index in [1.807, 2.05) is 18.7 Å². The van der Waals surface area contributed by atoms with Gasteiger partial charge >= 0.3 is 0 Å². The maximum atomic E-state index is 11.3. The normalized spacial score (nSPS) is 15.8. The summed E-state index contributed by atoms with van der Waals surface area (Å²) < 4.78 is 5.28. The fourth-order valence-corrected chi connectivity index (χ4v) is 2.98. The maximum absolute atomic E-state index is 11.3. The van der Waals surface area contributed by atoms with Crippen molar-refractivity contribution < 1.29 is 9.45 Å². The molecule has 3 rings (SSSR count). The average molecular weight is 366 g/mol. The predicted molar refractivity (Wildman–Crippen MR) is 94.0 cm³/mol. The molecule has 1 fully saturated rings. The number of hydrogen-bond acceptors (Lipinski definition) is 7. The van der Waals surface area contributed by atoms with Crippen molar-refractivity contribution in [2.24, 2.45) is 0 Å². The first-order valence-corrected chi connectivity index (χ1v) is 8.55. The number of nitrogens with zero attached hydrogens (tertiary/aromatic N) is 5. The molecule has 1 aromatic carbocycles. The zero-order valence-corrected chi connectivity index (χ0v) is 14.9. The van der Waals surface area contributed by atoms with Crippen molar-refractivity contribution >= 4 is 23.0 Å². The molecule has 1 saturated heterocycles. The highest BCUT2D eigenvalue weighted by atomic mass is 35.5. The zero-order valence-electron chi connectivity index (χ0n) is 14.2. The number of hydrogen-bond donors (Lipinski definition) is 0. The summed E-state index contributed by atoms with van der Waals surface area (Å²) in [4.78, 5) is 19.5. The van der Waals surface area contributed by atoms with Gasteiger partial charge in [-0.2, -0.15) is 4.98 Å². The monoisotopic (exact) mass is 365 g/mol. The number of nitro benzene ring substituents is 1. The highest BCUT2D eigenvalue weighted by molar-refractivity contribution is 6.30. The number of benzene rings is 1. The van der Waals surface area contributed by atoms with Crippen LogP contribution in [-0.2, 0) is 6.54 Å². The van der Waals surface area contributed by atoms with Gasteiger partial charge in [0.25, 0.3) is 5.69 Å². The molecule has 0 radical (unpaired) electrons. The molecule has 25 heavy (non-hydrogen) atoms. The number of halogens is 1. The molecular weight excluding hydrogens is 346 g/mol. The smallest absolute Gasteiger partial charge is 0.294 e. The first-order chi connectivity index (χ1) is 11.9. The van der Waals surface area contributed by atoms with Gasteiger partial charge in [0.2, 0.25) is 5.89 Å². The Balaban J connectivity index is 1.63. The van der Waals surface area contributed by atoms with Crippen LogP contribution in [0.3, 0.4) is 0 Å². The molecule has 0 amide bonds. The Labute approximate surface area is 150 Å². The van der Waals surface area contributed by atoms with Crippen molar-refractivity contribution in [1.29, 1.82) is 0 Å². The maximum Gasteiger partial charge on any atom is 0.294 e. The quantitative estimate of drug-likeness (QED) is 0.594. The van der Waals surface area contributed by atoms with Crippen LogP contribution in [0.1, 0.15) is 31.5 Å². The molecule has 0 N–H and O–H groups in total. The first kappa shape index (κ1) is 17.6. The third-order valence-corrected chi connectivity index (χ3v) is 4.44. The fraction of sp³-hybridized carbons (Fsp3) is 0.500. The number of rotatable bonds is 5. The van der Waals surface area contributed by atoms with Crippen LogP contribution in [0.4, 0.5) is 11.4 Å². The van der Waals surface area contributed by atoms with Gasteiger partial charge in [0, 0.05) is 43.2 Å². The lowest BCUT2D eigenvalue weighted by atomic mass is 10.2. The number of aromatic nitrogens is 2. The van der Waals surface area contributed by atoms with Crippen LogP contribution in [0.25, 0.3) is 0 Å². The summed E-state index contributed by atoms with van der Waals surface area (Å²) in [7, 11) is 0. The second kappa shape index (κ2) is 7.37. The van der Waals surface area contributed by atoms with E-state index in [1.54, 1.807) is 12.1 Å². The molecule has 1 aliphatic rings. The third kappa shape index (κ3) is 4.08. The second-order valence-electron chi connectivity index (χ2n) is 6.35. The number of nitro groups is 1. The molecular formula is C16H20ClN5O3. The van der Waals surface area contributed by atoms with Crippen molar-refractivity contribution in [2.75, 3.05) is 31.1 Å². The van der Waals surface area contributed by atoms with Crippen molar-refractivity contribution in [1.82, 2.24) is 15.0 Å². The summed E-state index contributed by atoms with van der Waals surface area (Å²) in [5, 5.41) is 15.6. The van der Waals surface area contributed by atoms with E-state index in [0.29, 0.717) is 42.1 Å². The van der Waals surface area contributed by atoms with Crippen molar-refractivity contribution in [3.05, 3.63) is 45.1 Å². The lowest BCUT2D eigenvalue weighted by Gasteiger charge is -2.35. The van der Waals surface area contributed by atoms with Gasteiger partial charge in [0.1, 0.15) is 5.69 Å². The van der Waals surface area contributed by atoms with Crippen LogP contribution in [0.15, 0.2) is 22.7 Å². The molecule has 0 atom stereocenters. The molecule has 1 aromatic heterocycles. The van der Waals surface area contributed by atoms with E-state index in [2.05, 4.69) is 15.0 Å². The molecule has 0 aliphatic carbocycles. The minimum absolute atomic E-state index is 0.0411. The molecule has 0 spiro atoms. The van der Waals surface area contributed by atoms with Crippen molar-refractivity contribution in [3.63, 3.8) is 0 Å². The van der Waals surface area contributed by atoms with E-state index in [4.69, 9.17) is 16.1 Å². The second-order valence-corrected chi connectivity index (χ2v) is 6.79. The van der Waals surface area contributed by atoms with Gasteiger partial charge in [-0.25, -0.2) is 0 Å². The Kier molecular flexibility index (Phi) is 5.19. The molecule has 2 heterocycles. The lowest BCUT2D eigenvalue weighted by molar-refractivity contribution is -0.384. The minimum Gasteiger partial charge on any atom is -0.363 e. The zero-order chi connectivity index (χ0) is 18.0. The molecule has 1 aliphatic heterocycles. The standard InChI is InChI=1S/C16H20ClN5O3/c1-11(2)16-18-15(25-19-16)10-20-5-7-21(8-6-20)13-4-3-12(17)9-14(13)22(23)24/h3-4,9,11H,5-8,10H2,1-2H3. The summed E-state index contributed by atoms with van der Waals surface area (Å²) in [5.74, 6) is 1.56. The molecule has 2 aromatic rings. The Morgan fingerprint density at radius 3 is 2.64 bits per heavy atom. The largest absolute Gasteiger partial charge is 0.363 e. The molecule has 0 saturated carbocycles. The first-order valence-electron chi connectivity index (χ1n) is 8.17. The van der Waals surface area contributed by atoms with Gasteiger partial charge in [-0.1, -0.05) is 30.6 Å². The highest BCUT2D eigenvalue weighted by Crippen LogP contribution is 2.31. The molecule has 134 valence electrons. The van der Waals surface area contributed by atoms with Crippen LogP contribution in [0.2, 0.25) is 5.02 Å². The summed E-state index contributed by atoms with van der Waals surface area (Å²) in [6.45, 7) is 7.54. The average Bonchev–Trinajstić information content (AvgIpc) is 3.04. The minimum atomic E-state index is -0.389. The van der Waals surface area contributed by atoms with Gasteiger partial charge < -0.3 is 9.42 Å². The van der Waals surface area contributed by atoms with Gasteiger partial charge in [-0.15, -0.1) is 0 Å². The molecule has 0 bridgehead atoms. The van der Waals surface area contributed by atoms with Gasteiger partial charge in [0.15, 0.2) is 5.82 Å². The Bertz CT molecular complexity index is 756. The van der Waals surface area contributed by atoms with E-state index in [0.717, 1.165) is 13.1 Å². The Morgan fingerprint density at radius 2 is 2.04 bits per heavy atom. The number of anilines is 1. The Hall–Kier alpha value is -2.19. The molecule has 8 nitrogen and oxygen atoms in total. The summed E-state index contributed by atoms with van der Waals surface area (Å²) in [5.41, 5.74) is 0.647. The van der Waals surface area contributed by atoms with E-state index in [-0.39, 0.29) is 16.5 Å². The van der Waals surface area contributed by atoms with Crippen LogP contribution in [0, 0.1) is 10.1 Å². The fourth-order valence-electron chi connectivity index (χ4n) is 2.82. The third-order valence-electron chi connectivity index (χ3n) is 4.21. The Morgan fingerprint density at radius 1 is 1.32 bits per heavy atom. The van der Waals surface area contributed by atoms with Gasteiger partial charge in [0.05, 0.1) is 11.5 Å². The van der Waals surface area contributed by atoms with Gasteiger partial charge in [-0.05, 0) is 12.1 Å². The summed E-state index contributed by atoms with van der Waals surface area (Å²) >= 11 is 5.88. The van der Waals surface area contributed by atoms with E-state index in [1.165, 1.54) is 6.07 Å². The summed E-state index contributed by atoms with van der Waals surface area (Å²) in [6.07, 6.45) is 0. The summed E-state index contributed by atoms with van der Waals surface area (Å²) in [6, 6.07) is 4.79. The predicted octanol–water partition coefficient (Wildman–Crippen LogP) is 3.08. The van der Waals surface area contributed by atoms with Crippen LogP contribution < -0.4 is 4.90 Å². The van der Waals surface area contributed by atoms with Crippen LogP contribution >= 0.6 is 11.6 Å².